The highest BCUT2D eigenvalue weighted by atomic mass is 79.9. The standard InChI is InChI=1S/C31H26N2OS3.C14H7BrN2S3.C7H9BO3.CH4.BrH/c1-3-4-19-34-23-11-9-22(10-12-23)27-16-18-29(36-27)25-14-13-24(30-31(25)33-37-32-30)28-17-15-26(35-28)21-7-5-20(2)6-8-21;15-12-6-5-11(19-12)9-4-3-8(10-2-1-7-18-10)13-14(9)17-20-16-13;1-11-7-4-2-6(3-5-7)8(9)10;;/h5-18H,3-4,19H2,1-2H3;1-7H;2-5,9-10H,1H3;1H4;1H. The number of methoxy groups -OCH3 is 1. The first kappa shape index (κ1) is 52.9. The van der Waals surface area contributed by atoms with Crippen LogP contribution in [-0.4, -0.2) is 48.4 Å². The Morgan fingerprint density at radius 1 is 0.543 bits per heavy atom. The van der Waals surface area contributed by atoms with Crippen molar-refractivity contribution in [3.63, 3.8) is 0 Å². The lowest BCUT2D eigenvalue weighted by Gasteiger charge is -2.06. The molecule has 17 heteroatoms. The fraction of sp³-hybridized carbons (Fsp3) is 0.132. The molecule has 0 aliphatic rings. The van der Waals surface area contributed by atoms with E-state index in [0.29, 0.717) is 11.2 Å². The number of aromatic nitrogens is 4. The van der Waals surface area contributed by atoms with Crippen molar-refractivity contribution in [1.29, 1.82) is 0 Å². The van der Waals surface area contributed by atoms with Crippen LogP contribution in [0.1, 0.15) is 32.8 Å². The molecule has 0 fully saturated rings. The third kappa shape index (κ3) is 12.4. The summed E-state index contributed by atoms with van der Waals surface area (Å²) in [4.78, 5) is 7.37. The maximum atomic E-state index is 8.70. The Morgan fingerprint density at radius 3 is 1.44 bits per heavy atom. The molecule has 0 bridgehead atoms. The second kappa shape index (κ2) is 25.0. The van der Waals surface area contributed by atoms with Crippen LogP contribution in [0.3, 0.4) is 0 Å². The Hall–Kier alpha value is -4.92. The quantitative estimate of drug-likeness (QED) is 0.0919. The van der Waals surface area contributed by atoms with Crippen molar-refractivity contribution in [3.05, 3.63) is 160 Å². The normalized spacial score (nSPS) is 10.7. The molecule has 8 nitrogen and oxygen atoms in total. The van der Waals surface area contributed by atoms with Crippen LogP contribution in [0.4, 0.5) is 0 Å². The van der Waals surface area contributed by atoms with Crippen molar-refractivity contribution >= 4 is 136 Å². The fourth-order valence-electron chi connectivity index (χ4n) is 7.24. The van der Waals surface area contributed by atoms with Gasteiger partial charge in [-0.25, -0.2) is 0 Å². The number of halogens is 2. The molecule has 5 aromatic carbocycles. The summed E-state index contributed by atoms with van der Waals surface area (Å²) < 4.78 is 30.3. The number of fused-ring (bicyclic) bond motifs is 2. The fourth-order valence-corrected chi connectivity index (χ4v) is 12.6. The number of nitrogens with zero attached hydrogens (tertiary/aromatic N) is 4. The van der Waals surface area contributed by atoms with Crippen LogP contribution in [0, 0.1) is 6.92 Å². The number of hydrogen-bond acceptors (Lipinski definition) is 14. The largest absolute Gasteiger partial charge is 0.497 e. The van der Waals surface area contributed by atoms with Crippen LogP contribution in [0.15, 0.2) is 155 Å². The molecule has 11 rings (SSSR count). The van der Waals surface area contributed by atoms with E-state index >= 15 is 0 Å². The number of hydrogen-bond donors (Lipinski definition) is 2. The van der Waals surface area contributed by atoms with E-state index in [-0.39, 0.29) is 24.4 Å². The molecule has 70 heavy (non-hydrogen) atoms. The molecule has 0 saturated carbocycles. The van der Waals surface area contributed by atoms with Gasteiger partial charge < -0.3 is 19.5 Å². The van der Waals surface area contributed by atoms with E-state index in [9.17, 15) is 0 Å². The van der Waals surface area contributed by atoms with Gasteiger partial charge in [-0.2, -0.15) is 17.5 Å². The van der Waals surface area contributed by atoms with Crippen molar-refractivity contribution in [2.45, 2.75) is 34.1 Å². The predicted octanol–water partition coefficient (Wildman–Crippen LogP) is 16.5. The number of unbranched alkanes of at least 4 members (excludes halogenated alkanes) is 1. The smallest absolute Gasteiger partial charge is 0.488 e. The van der Waals surface area contributed by atoms with Gasteiger partial charge in [-0.3, -0.25) is 0 Å². The SMILES string of the molecule is Br.Brc1ccc(-c2ccc(-c3cccs3)c3nsnc23)s1.C.CCCCOc1ccc(-c2ccc(-c3ccc(-c4ccc(-c5ccc(C)cc5)s4)c4nsnc34)s2)cc1.COc1ccc(B(O)O)cc1. The van der Waals surface area contributed by atoms with Gasteiger partial charge in [-0.05, 0) is 130 Å². The van der Waals surface area contributed by atoms with Gasteiger partial charge in [0.15, 0.2) is 0 Å². The molecular weight excluding hydrogens is 1120 g/mol. The second-order valence-corrected chi connectivity index (χ2v) is 22.0. The van der Waals surface area contributed by atoms with E-state index in [1.165, 1.54) is 75.0 Å². The van der Waals surface area contributed by atoms with Crippen molar-refractivity contribution in [1.82, 2.24) is 17.5 Å². The van der Waals surface area contributed by atoms with Gasteiger partial charge in [-0.1, -0.05) is 93.1 Å². The second-order valence-electron chi connectivity index (χ2n) is 15.4. The summed E-state index contributed by atoms with van der Waals surface area (Å²) in [5, 5.41) is 19.5. The van der Waals surface area contributed by atoms with Crippen LogP contribution in [-0.2, 0) is 0 Å². The van der Waals surface area contributed by atoms with Crippen LogP contribution in [0.2, 0.25) is 0 Å². The van der Waals surface area contributed by atoms with Crippen molar-refractivity contribution in [3.8, 4) is 74.1 Å². The first-order valence-corrected chi connectivity index (χ1v) is 27.2. The zero-order valence-electron chi connectivity index (χ0n) is 37.4. The monoisotopic (exact) mass is 1160 g/mol. The van der Waals surface area contributed by atoms with E-state index in [4.69, 9.17) is 28.3 Å². The molecular formula is C53H47BBr2N4O4S6. The van der Waals surface area contributed by atoms with Gasteiger partial charge in [0.05, 0.1) is 41.0 Å². The predicted molar refractivity (Wildman–Crippen MR) is 312 cm³/mol. The lowest BCUT2D eigenvalue weighted by molar-refractivity contribution is 0.309. The Morgan fingerprint density at radius 2 is 1.00 bits per heavy atom. The lowest BCUT2D eigenvalue weighted by atomic mass is 9.80. The van der Waals surface area contributed by atoms with Crippen LogP contribution in [0.5, 0.6) is 11.5 Å². The molecule has 0 spiro atoms. The van der Waals surface area contributed by atoms with E-state index < -0.39 is 7.12 Å². The summed E-state index contributed by atoms with van der Waals surface area (Å²) >= 11 is 13.1. The van der Waals surface area contributed by atoms with Crippen LogP contribution in [0.25, 0.3) is 84.7 Å². The zero-order valence-corrected chi connectivity index (χ0v) is 45.6. The summed E-state index contributed by atoms with van der Waals surface area (Å²) in [6.07, 6.45) is 2.22. The molecule has 0 unspecified atom stereocenters. The Kier molecular flexibility index (Phi) is 18.9. The molecule has 0 radical (unpaired) electrons. The van der Waals surface area contributed by atoms with Crippen molar-refractivity contribution in [2.24, 2.45) is 0 Å². The number of thiophene rings is 4. The molecule has 11 aromatic rings. The molecule has 0 aliphatic heterocycles. The van der Waals surface area contributed by atoms with E-state index in [1.807, 2.05) is 0 Å². The lowest BCUT2D eigenvalue weighted by Crippen LogP contribution is -2.29. The number of rotatable bonds is 12. The Bertz CT molecular complexity index is 3370. The van der Waals surface area contributed by atoms with Gasteiger partial charge >= 0.3 is 7.12 Å². The van der Waals surface area contributed by atoms with Gasteiger partial charge in [0.2, 0.25) is 0 Å². The minimum Gasteiger partial charge on any atom is -0.497 e. The third-order valence-electron chi connectivity index (χ3n) is 10.9. The van der Waals surface area contributed by atoms with Gasteiger partial charge in [0.25, 0.3) is 0 Å². The number of aryl methyl sites for hydroxylation is 1. The van der Waals surface area contributed by atoms with E-state index in [1.54, 1.807) is 76.7 Å². The molecule has 0 atom stereocenters. The maximum Gasteiger partial charge on any atom is 0.488 e. The first-order chi connectivity index (χ1) is 33.3. The van der Waals surface area contributed by atoms with Crippen molar-refractivity contribution < 1.29 is 19.5 Å². The minimum atomic E-state index is -1.40. The molecule has 6 aromatic heterocycles. The molecule has 0 saturated heterocycles. The molecule has 0 aliphatic carbocycles. The van der Waals surface area contributed by atoms with Gasteiger partial charge in [-0.15, -0.1) is 62.3 Å². The highest BCUT2D eigenvalue weighted by Crippen LogP contribution is 2.43. The molecule has 6 heterocycles. The Labute approximate surface area is 451 Å². The summed E-state index contributed by atoms with van der Waals surface area (Å²) in [6.45, 7) is 5.06. The highest BCUT2D eigenvalue weighted by Gasteiger charge is 2.18. The molecule has 356 valence electrons. The summed E-state index contributed by atoms with van der Waals surface area (Å²) in [5.74, 6) is 1.63. The Balaban J connectivity index is 0.000000182. The van der Waals surface area contributed by atoms with Gasteiger partial charge in [0, 0.05) is 51.5 Å². The van der Waals surface area contributed by atoms with E-state index in [2.05, 4.69) is 165 Å². The van der Waals surface area contributed by atoms with Crippen LogP contribution >= 0.6 is 102 Å². The average molecular weight is 1170 g/mol. The molecule has 2 N–H and O–H groups in total. The average Bonchev–Trinajstić information content (AvgIpc) is 4.23. The first-order valence-electron chi connectivity index (χ1n) is 21.6. The number of ether oxygens (including phenoxy) is 2. The summed E-state index contributed by atoms with van der Waals surface area (Å²) in [5.41, 5.74) is 12.7. The third-order valence-corrected chi connectivity index (χ3v) is 16.8. The van der Waals surface area contributed by atoms with Crippen LogP contribution < -0.4 is 14.9 Å². The van der Waals surface area contributed by atoms with E-state index in [0.717, 1.165) is 67.7 Å². The van der Waals surface area contributed by atoms with Gasteiger partial charge in [0.1, 0.15) is 33.6 Å². The highest BCUT2D eigenvalue weighted by molar-refractivity contribution is 9.11. The summed E-state index contributed by atoms with van der Waals surface area (Å²) in [6, 6.07) is 49.5. The summed E-state index contributed by atoms with van der Waals surface area (Å²) in [7, 11) is 0.158. The molecule has 0 amide bonds. The minimum absolute atomic E-state index is 0. The number of benzene rings is 5. The topological polar surface area (TPSA) is 110 Å². The maximum absolute atomic E-state index is 8.70. The zero-order chi connectivity index (χ0) is 47.0. The van der Waals surface area contributed by atoms with Crippen molar-refractivity contribution in [2.75, 3.05) is 13.7 Å².